The van der Waals surface area contributed by atoms with Crippen LogP contribution < -0.4 is 10.9 Å². The first-order valence-corrected chi connectivity index (χ1v) is 13.2. The molecule has 1 unspecified atom stereocenters. The summed E-state index contributed by atoms with van der Waals surface area (Å²) in [5, 5.41) is 3.99. The number of carbonyl (C=O) groups is 1. The zero-order valence-corrected chi connectivity index (χ0v) is 22.8. The molecular formula is C30H36N6O2. The number of hydrogen-bond acceptors (Lipinski definition) is 5. The van der Waals surface area contributed by atoms with Crippen LogP contribution in [-0.2, 0) is 13.6 Å². The second-order valence-electron chi connectivity index (χ2n) is 10.5. The Hall–Kier alpha value is -3.91. The van der Waals surface area contributed by atoms with Crippen LogP contribution in [-0.4, -0.2) is 63.6 Å². The van der Waals surface area contributed by atoms with Gasteiger partial charge in [-0.2, -0.15) is 0 Å². The van der Waals surface area contributed by atoms with Gasteiger partial charge in [0.15, 0.2) is 0 Å². The predicted octanol–water partition coefficient (Wildman–Crippen LogP) is 4.24. The SMILES string of the molecule is CNc1ccn(-c2ccnc3c2cc(CN2CCC(c4ccc(C(=O)N(C)C)cc4)C[C@@H]2C)n3C)c(=O)c1. The minimum Gasteiger partial charge on any atom is -0.388 e. The first-order chi connectivity index (χ1) is 18.3. The van der Waals surface area contributed by atoms with Gasteiger partial charge >= 0.3 is 0 Å². The Labute approximate surface area is 223 Å². The van der Waals surface area contributed by atoms with E-state index < -0.39 is 0 Å². The highest BCUT2D eigenvalue weighted by atomic mass is 16.2. The normalized spacial score (nSPS) is 18.0. The molecule has 0 radical (unpaired) electrons. The summed E-state index contributed by atoms with van der Waals surface area (Å²) in [6.07, 6.45) is 5.73. The molecule has 0 saturated carbocycles. The van der Waals surface area contributed by atoms with Crippen molar-refractivity contribution in [3.05, 3.63) is 88.1 Å². The molecule has 4 heterocycles. The molecule has 198 valence electrons. The maximum Gasteiger partial charge on any atom is 0.257 e. The van der Waals surface area contributed by atoms with Crippen molar-refractivity contribution >= 4 is 22.6 Å². The van der Waals surface area contributed by atoms with Crippen molar-refractivity contribution in [2.75, 3.05) is 33.0 Å². The number of amides is 1. The third-order valence-corrected chi connectivity index (χ3v) is 7.89. The van der Waals surface area contributed by atoms with Gasteiger partial charge in [-0.3, -0.25) is 19.1 Å². The average molecular weight is 513 g/mol. The second-order valence-corrected chi connectivity index (χ2v) is 10.5. The molecule has 4 aromatic rings. The zero-order chi connectivity index (χ0) is 27.0. The van der Waals surface area contributed by atoms with Crippen molar-refractivity contribution < 1.29 is 4.79 Å². The van der Waals surface area contributed by atoms with Gasteiger partial charge < -0.3 is 14.8 Å². The van der Waals surface area contributed by atoms with Crippen LogP contribution in [0.2, 0.25) is 0 Å². The molecule has 8 heteroatoms. The number of piperidine rings is 1. The fourth-order valence-corrected chi connectivity index (χ4v) is 5.58. The molecular weight excluding hydrogens is 476 g/mol. The molecule has 1 fully saturated rings. The van der Waals surface area contributed by atoms with Crippen molar-refractivity contribution in [2.24, 2.45) is 7.05 Å². The number of aromatic nitrogens is 3. The van der Waals surface area contributed by atoms with E-state index in [0.29, 0.717) is 12.0 Å². The zero-order valence-electron chi connectivity index (χ0n) is 22.8. The largest absolute Gasteiger partial charge is 0.388 e. The van der Waals surface area contributed by atoms with Crippen molar-refractivity contribution in [3.8, 4) is 5.69 Å². The number of rotatable bonds is 6. The molecule has 0 aliphatic carbocycles. The standard InChI is InChI=1S/C30H36N6O2/c1-20-16-23(21-6-8-22(9-7-21)30(38)33(3)4)11-14-35(20)19-25-18-26-27(10-13-32-29(26)34(25)5)36-15-12-24(31-2)17-28(36)37/h6-10,12-13,15,17-18,20,23,31H,11,14,16,19H2,1-5H3/t20-,23?/m0/s1. The average Bonchev–Trinajstić information content (AvgIpc) is 3.24. The third-order valence-electron chi connectivity index (χ3n) is 7.89. The van der Waals surface area contributed by atoms with Gasteiger partial charge in [-0.1, -0.05) is 12.1 Å². The highest BCUT2D eigenvalue weighted by Gasteiger charge is 2.27. The Morgan fingerprint density at radius 3 is 2.55 bits per heavy atom. The Bertz CT molecular complexity index is 1520. The molecule has 5 rings (SSSR count). The highest BCUT2D eigenvalue weighted by molar-refractivity contribution is 5.93. The number of aryl methyl sites for hydroxylation is 1. The summed E-state index contributed by atoms with van der Waals surface area (Å²) in [6, 6.07) is 16.1. The summed E-state index contributed by atoms with van der Waals surface area (Å²) in [5.74, 6) is 0.519. The van der Waals surface area contributed by atoms with Gasteiger partial charge in [0.1, 0.15) is 5.65 Å². The van der Waals surface area contributed by atoms with Crippen LogP contribution >= 0.6 is 0 Å². The van der Waals surface area contributed by atoms with E-state index in [4.69, 9.17) is 0 Å². The lowest BCUT2D eigenvalue weighted by atomic mass is 9.85. The molecule has 8 nitrogen and oxygen atoms in total. The highest BCUT2D eigenvalue weighted by Crippen LogP contribution is 2.33. The Balaban J connectivity index is 1.34. The lowest BCUT2D eigenvalue weighted by Gasteiger charge is -2.38. The van der Waals surface area contributed by atoms with E-state index in [9.17, 15) is 9.59 Å². The molecule has 1 aromatic carbocycles. The van der Waals surface area contributed by atoms with E-state index in [0.717, 1.165) is 53.9 Å². The van der Waals surface area contributed by atoms with E-state index in [2.05, 4.69) is 51.9 Å². The number of nitrogens with zero attached hydrogens (tertiary/aromatic N) is 5. The number of fused-ring (bicyclic) bond motifs is 1. The molecule has 1 saturated heterocycles. The Kier molecular flexibility index (Phi) is 7.08. The molecule has 1 N–H and O–H groups in total. The van der Waals surface area contributed by atoms with Crippen LogP contribution in [0.4, 0.5) is 5.69 Å². The summed E-state index contributed by atoms with van der Waals surface area (Å²) in [4.78, 5) is 33.8. The molecule has 1 aliphatic rings. The van der Waals surface area contributed by atoms with E-state index in [-0.39, 0.29) is 11.5 Å². The van der Waals surface area contributed by atoms with Gasteiger partial charge in [-0.15, -0.1) is 0 Å². The van der Waals surface area contributed by atoms with Gasteiger partial charge in [0.2, 0.25) is 0 Å². The third kappa shape index (κ3) is 4.84. The van der Waals surface area contributed by atoms with E-state index in [1.165, 1.54) is 11.3 Å². The first kappa shape index (κ1) is 25.7. The molecule has 1 amide bonds. The summed E-state index contributed by atoms with van der Waals surface area (Å²) in [6.45, 7) is 4.12. The molecule has 2 atom stereocenters. The smallest absolute Gasteiger partial charge is 0.257 e. The fraction of sp³-hybridized carbons (Fsp3) is 0.367. The topological polar surface area (TPSA) is 75.4 Å². The number of pyridine rings is 2. The fourth-order valence-electron chi connectivity index (χ4n) is 5.58. The van der Waals surface area contributed by atoms with Crippen LogP contribution in [0.3, 0.4) is 0 Å². The van der Waals surface area contributed by atoms with E-state index in [1.807, 2.05) is 30.5 Å². The van der Waals surface area contributed by atoms with Gasteiger partial charge in [-0.25, -0.2) is 4.98 Å². The lowest BCUT2D eigenvalue weighted by molar-refractivity contribution is 0.0827. The molecule has 38 heavy (non-hydrogen) atoms. The van der Waals surface area contributed by atoms with Gasteiger partial charge in [-0.05, 0) is 68.1 Å². The summed E-state index contributed by atoms with van der Waals surface area (Å²) in [5.41, 5.74) is 5.64. The van der Waals surface area contributed by atoms with Crippen LogP contribution in [0.15, 0.2) is 65.7 Å². The second kappa shape index (κ2) is 10.5. The number of anilines is 1. The molecule has 0 bridgehead atoms. The number of nitrogens with one attached hydrogen (secondary N) is 1. The lowest BCUT2D eigenvalue weighted by Crippen LogP contribution is -2.39. The predicted molar refractivity (Wildman–Crippen MR) is 152 cm³/mol. The quantitative estimate of drug-likeness (QED) is 0.418. The van der Waals surface area contributed by atoms with Gasteiger partial charge in [0.25, 0.3) is 11.5 Å². The van der Waals surface area contributed by atoms with Crippen LogP contribution in [0.5, 0.6) is 0 Å². The van der Waals surface area contributed by atoms with Gasteiger partial charge in [0, 0.05) is 81.6 Å². The van der Waals surface area contributed by atoms with Crippen molar-refractivity contribution in [3.63, 3.8) is 0 Å². The number of carbonyl (C=O) groups excluding carboxylic acids is 1. The molecule has 0 spiro atoms. The monoisotopic (exact) mass is 512 g/mol. The Morgan fingerprint density at radius 1 is 1.13 bits per heavy atom. The van der Waals surface area contributed by atoms with Crippen molar-refractivity contribution in [1.82, 2.24) is 23.9 Å². The molecule has 3 aromatic heterocycles. The van der Waals surface area contributed by atoms with Crippen LogP contribution in [0.25, 0.3) is 16.7 Å². The maximum absolute atomic E-state index is 12.8. The number of benzene rings is 1. The summed E-state index contributed by atoms with van der Waals surface area (Å²) >= 11 is 0. The summed E-state index contributed by atoms with van der Waals surface area (Å²) in [7, 11) is 7.42. The minimum atomic E-state index is -0.0791. The number of hydrogen-bond donors (Lipinski definition) is 1. The van der Waals surface area contributed by atoms with Crippen molar-refractivity contribution in [1.29, 1.82) is 0 Å². The summed E-state index contributed by atoms with van der Waals surface area (Å²) < 4.78 is 3.82. The van der Waals surface area contributed by atoms with Crippen molar-refractivity contribution in [2.45, 2.75) is 38.3 Å². The first-order valence-electron chi connectivity index (χ1n) is 13.2. The van der Waals surface area contributed by atoms with E-state index >= 15 is 0 Å². The van der Waals surface area contributed by atoms with Crippen LogP contribution in [0.1, 0.15) is 47.3 Å². The Morgan fingerprint density at radius 2 is 1.89 bits per heavy atom. The van der Waals surface area contributed by atoms with E-state index in [1.54, 1.807) is 42.9 Å². The van der Waals surface area contributed by atoms with Gasteiger partial charge in [0.05, 0.1) is 5.69 Å². The minimum absolute atomic E-state index is 0.0344. The molecule has 1 aliphatic heterocycles. The maximum atomic E-state index is 12.8. The number of likely N-dealkylation sites (tertiary alicyclic amines) is 1. The van der Waals surface area contributed by atoms with Crippen LogP contribution in [0, 0.1) is 0 Å².